The number of aliphatic hydroxyl groups is 2. The van der Waals surface area contributed by atoms with Gasteiger partial charge >= 0.3 is 0 Å². The van der Waals surface area contributed by atoms with Crippen molar-refractivity contribution in [2.24, 2.45) is 0 Å². The number of amides is 1. The molecule has 1 amide bonds. The van der Waals surface area contributed by atoms with Gasteiger partial charge in [-0.05, 0) is 38.5 Å². The number of hydrogen-bond acceptors (Lipinski definition) is 3. The molecule has 0 rings (SSSR count). The highest BCUT2D eigenvalue weighted by atomic mass is 16.3. The predicted octanol–water partition coefficient (Wildman–Crippen LogP) is 16.1. The summed E-state index contributed by atoms with van der Waals surface area (Å²) in [6.07, 6.45) is 67.9. The van der Waals surface area contributed by atoms with E-state index in [-0.39, 0.29) is 18.9 Å². The molecule has 0 radical (unpaired) electrons. The summed E-state index contributed by atoms with van der Waals surface area (Å²) in [7, 11) is 0. The van der Waals surface area contributed by atoms with Crippen molar-refractivity contribution < 1.29 is 15.0 Å². The van der Waals surface area contributed by atoms with Crippen LogP contribution in [0.2, 0.25) is 0 Å². The first-order valence-electron chi connectivity index (χ1n) is 25.0. The maximum Gasteiger partial charge on any atom is 0.224 e. The van der Waals surface area contributed by atoms with Gasteiger partial charge in [-0.1, -0.05) is 267 Å². The second kappa shape index (κ2) is 48.5. The molecule has 4 nitrogen and oxygen atoms in total. The first-order chi connectivity index (χ1) is 28.2. The fourth-order valence-electron chi connectivity index (χ4n) is 7.55. The van der Waals surface area contributed by atoms with E-state index in [0.717, 1.165) is 44.9 Å². The van der Waals surface area contributed by atoms with Crippen LogP contribution in [0.5, 0.6) is 0 Å². The smallest absolute Gasteiger partial charge is 0.224 e. The molecule has 332 valence electrons. The van der Waals surface area contributed by atoms with Crippen molar-refractivity contribution >= 4 is 5.91 Å². The molecule has 0 aromatic heterocycles. The molecule has 4 heteroatoms. The topological polar surface area (TPSA) is 69.6 Å². The number of carbonyl (C=O) groups is 1. The van der Waals surface area contributed by atoms with E-state index in [0.29, 0.717) is 6.42 Å². The van der Waals surface area contributed by atoms with Crippen LogP contribution in [0.15, 0.2) is 60.8 Å². The molecule has 0 saturated heterocycles. The molecule has 0 aliphatic heterocycles. The van der Waals surface area contributed by atoms with E-state index >= 15 is 0 Å². The van der Waals surface area contributed by atoms with Crippen molar-refractivity contribution in [1.29, 1.82) is 0 Å². The van der Waals surface area contributed by atoms with Crippen LogP contribution in [-0.4, -0.2) is 34.9 Å². The normalized spacial score (nSPS) is 13.4. The number of hydrogen-bond donors (Lipinski definition) is 3. The Kier molecular flexibility index (Phi) is 46.8. The Morgan fingerprint density at radius 1 is 0.421 bits per heavy atom. The minimum Gasteiger partial charge on any atom is -0.394 e. The molecule has 0 bridgehead atoms. The molecular formula is C53H97NO3. The molecule has 0 fully saturated rings. The third-order valence-corrected chi connectivity index (χ3v) is 11.3. The van der Waals surface area contributed by atoms with Crippen molar-refractivity contribution in [3.8, 4) is 0 Å². The lowest BCUT2D eigenvalue weighted by atomic mass is 10.0. The average Bonchev–Trinajstić information content (AvgIpc) is 3.22. The molecule has 0 aliphatic rings. The van der Waals surface area contributed by atoms with Crippen molar-refractivity contribution in [1.82, 2.24) is 5.32 Å². The van der Waals surface area contributed by atoms with Crippen molar-refractivity contribution in [2.45, 2.75) is 264 Å². The van der Waals surface area contributed by atoms with Crippen LogP contribution < -0.4 is 5.32 Å². The highest BCUT2D eigenvalue weighted by molar-refractivity contribution is 5.77. The zero-order valence-corrected chi connectivity index (χ0v) is 38.1. The molecule has 0 aromatic carbocycles. The van der Waals surface area contributed by atoms with Crippen molar-refractivity contribution in [3.63, 3.8) is 0 Å². The molecule has 0 aromatic rings. The Bertz CT molecular complexity index is 950. The zero-order chi connectivity index (χ0) is 41.4. The minimum absolute atomic E-state index is 0.157. The lowest BCUT2D eigenvalue weighted by molar-refractivity contribution is -0.122. The number of rotatable bonds is 45. The Morgan fingerprint density at radius 3 is 1.00 bits per heavy atom. The lowest BCUT2D eigenvalue weighted by Gasteiger charge is -2.22. The zero-order valence-electron chi connectivity index (χ0n) is 38.1. The van der Waals surface area contributed by atoms with Gasteiger partial charge in [0.1, 0.15) is 0 Å². The summed E-state index contributed by atoms with van der Waals surface area (Å²) in [5.41, 5.74) is 0. The van der Waals surface area contributed by atoms with Crippen LogP contribution in [-0.2, 0) is 4.79 Å². The van der Waals surface area contributed by atoms with E-state index in [1.807, 2.05) is 12.2 Å². The number of nitrogens with one attached hydrogen (secondary N) is 1. The summed E-state index contributed by atoms with van der Waals surface area (Å²) < 4.78 is 0. The Labute approximate surface area is 356 Å². The largest absolute Gasteiger partial charge is 0.394 e. The molecule has 0 heterocycles. The maximum absolute atomic E-state index is 12.3. The van der Waals surface area contributed by atoms with Gasteiger partial charge in [-0.25, -0.2) is 0 Å². The van der Waals surface area contributed by atoms with Crippen LogP contribution >= 0.6 is 0 Å². The summed E-state index contributed by atoms with van der Waals surface area (Å²) in [6.45, 7) is 4.21. The van der Waals surface area contributed by atoms with E-state index in [1.54, 1.807) is 0 Å². The molecular weight excluding hydrogens is 699 g/mol. The van der Waals surface area contributed by atoms with E-state index in [1.165, 1.54) is 180 Å². The van der Waals surface area contributed by atoms with Gasteiger partial charge in [0.25, 0.3) is 0 Å². The van der Waals surface area contributed by atoms with Gasteiger partial charge in [-0.15, -0.1) is 0 Å². The number of unbranched alkanes of at least 4 members (excludes halogenated alkanes) is 29. The monoisotopic (exact) mass is 796 g/mol. The van der Waals surface area contributed by atoms with Gasteiger partial charge in [-0.2, -0.15) is 0 Å². The van der Waals surface area contributed by atoms with Crippen LogP contribution in [0.3, 0.4) is 0 Å². The van der Waals surface area contributed by atoms with Gasteiger partial charge in [-0.3, -0.25) is 4.79 Å². The molecule has 57 heavy (non-hydrogen) atoms. The minimum atomic E-state index is -0.703. The Hall–Kier alpha value is -1.91. The SMILES string of the molecule is CC/C=C\C/C=C\C/C=C\C/C=C\C/C=C\CC(=O)NC(CO)C(O)CCCCCCCCCCCCCCCCCCCCCCCCCCCCCCCC. The second-order valence-electron chi connectivity index (χ2n) is 16.9. The van der Waals surface area contributed by atoms with E-state index in [9.17, 15) is 15.0 Å². The highest BCUT2D eigenvalue weighted by Crippen LogP contribution is 2.17. The number of allylic oxidation sites excluding steroid dienone is 9. The van der Waals surface area contributed by atoms with Gasteiger partial charge in [0.2, 0.25) is 5.91 Å². The van der Waals surface area contributed by atoms with Gasteiger partial charge < -0.3 is 15.5 Å². The summed E-state index contributed by atoms with van der Waals surface area (Å²) in [5, 5.41) is 23.1. The number of aliphatic hydroxyl groups excluding tert-OH is 2. The summed E-state index contributed by atoms with van der Waals surface area (Å²) in [6, 6.07) is -0.594. The quantitative estimate of drug-likeness (QED) is 0.0425. The second-order valence-corrected chi connectivity index (χ2v) is 16.9. The molecule has 0 saturated carbocycles. The molecule has 2 unspecified atom stereocenters. The fourth-order valence-corrected chi connectivity index (χ4v) is 7.55. The Balaban J connectivity index is 3.50. The first-order valence-corrected chi connectivity index (χ1v) is 25.0. The summed E-state index contributed by atoms with van der Waals surface area (Å²) in [5.74, 6) is -0.157. The van der Waals surface area contributed by atoms with Crippen LogP contribution in [0.1, 0.15) is 251 Å². The lowest BCUT2D eigenvalue weighted by Crippen LogP contribution is -2.45. The standard InChI is InChI=1S/C53H97NO3/c1-3-5-7-9-11-13-15-17-19-20-21-22-23-24-25-26-27-28-29-30-31-32-33-35-36-38-40-42-44-46-48-52(56)51(50-55)54-53(57)49-47-45-43-41-39-37-34-18-16-14-12-10-8-6-4-2/h6,8,12,14,18,34,39,41,45,47,51-52,55-56H,3-5,7,9-11,13,15-17,19-33,35-38,40,42-44,46,48-50H2,1-2H3,(H,54,57)/b8-6-,14-12-,34-18-,41-39-,47-45-. The third kappa shape index (κ3) is 45.0. The third-order valence-electron chi connectivity index (χ3n) is 11.3. The fraction of sp³-hybridized carbons (Fsp3) is 0.792. The summed E-state index contributed by atoms with van der Waals surface area (Å²) >= 11 is 0. The highest BCUT2D eigenvalue weighted by Gasteiger charge is 2.19. The maximum atomic E-state index is 12.3. The van der Waals surface area contributed by atoms with Gasteiger partial charge in [0.15, 0.2) is 0 Å². The first kappa shape index (κ1) is 55.1. The molecule has 0 aliphatic carbocycles. The van der Waals surface area contributed by atoms with Crippen molar-refractivity contribution in [2.75, 3.05) is 6.61 Å². The van der Waals surface area contributed by atoms with Crippen molar-refractivity contribution in [3.05, 3.63) is 60.8 Å². The van der Waals surface area contributed by atoms with E-state index < -0.39 is 12.1 Å². The van der Waals surface area contributed by atoms with Crippen LogP contribution in [0, 0.1) is 0 Å². The molecule has 2 atom stereocenters. The van der Waals surface area contributed by atoms with Crippen LogP contribution in [0.4, 0.5) is 0 Å². The average molecular weight is 796 g/mol. The van der Waals surface area contributed by atoms with E-state index in [4.69, 9.17) is 0 Å². The Morgan fingerprint density at radius 2 is 0.702 bits per heavy atom. The summed E-state index contributed by atoms with van der Waals surface area (Å²) in [4.78, 5) is 12.3. The van der Waals surface area contributed by atoms with Gasteiger partial charge in [0.05, 0.1) is 18.8 Å². The molecule has 3 N–H and O–H groups in total. The van der Waals surface area contributed by atoms with Gasteiger partial charge in [0, 0.05) is 6.42 Å². The van der Waals surface area contributed by atoms with Crippen LogP contribution in [0.25, 0.3) is 0 Å². The van der Waals surface area contributed by atoms with E-state index in [2.05, 4.69) is 67.8 Å². The predicted molar refractivity (Wildman–Crippen MR) is 253 cm³/mol. The molecule has 0 spiro atoms. The number of carbonyl (C=O) groups excluding carboxylic acids is 1.